The number of ketones is 1. The summed E-state index contributed by atoms with van der Waals surface area (Å²) in [5.41, 5.74) is 0.332. The van der Waals surface area contributed by atoms with Crippen molar-refractivity contribution >= 4 is 5.78 Å². The number of benzene rings is 1. The molecule has 20 heavy (non-hydrogen) atoms. The van der Waals surface area contributed by atoms with Crippen LogP contribution in [-0.4, -0.2) is 36.4 Å². The fourth-order valence-corrected chi connectivity index (χ4v) is 2.63. The molecule has 0 atom stereocenters. The molecule has 1 aromatic carbocycles. The third-order valence-corrected chi connectivity index (χ3v) is 3.94. The van der Waals surface area contributed by atoms with Crippen LogP contribution in [0.25, 0.3) is 0 Å². The highest BCUT2D eigenvalue weighted by Gasteiger charge is 2.37. The summed E-state index contributed by atoms with van der Waals surface area (Å²) in [7, 11) is 3.95. The van der Waals surface area contributed by atoms with Gasteiger partial charge in [-0.2, -0.15) is 0 Å². The molecule has 0 fully saturated rings. The zero-order chi connectivity index (χ0) is 15.3. The lowest BCUT2D eigenvalue weighted by Gasteiger charge is -2.37. The number of hydrogen-bond donors (Lipinski definition) is 0. The van der Waals surface area contributed by atoms with Crippen LogP contribution in [0.1, 0.15) is 50.9 Å². The first-order valence-electron chi connectivity index (χ1n) is 7.36. The van der Waals surface area contributed by atoms with Crippen LogP contribution in [0.3, 0.4) is 0 Å². The Labute approximate surface area is 122 Å². The van der Waals surface area contributed by atoms with Gasteiger partial charge in [-0.05, 0) is 65.0 Å². The number of carbonyl (C=O) groups excluding carboxylic acids is 1. The molecule has 0 aliphatic rings. The molecule has 0 aliphatic heterocycles. The zero-order valence-electron chi connectivity index (χ0n) is 13.6. The number of ether oxygens (including phenoxy) is 1. The summed E-state index contributed by atoms with van der Waals surface area (Å²) in [6.07, 6.45) is 1.75. The van der Waals surface area contributed by atoms with Crippen molar-refractivity contribution in [3.05, 3.63) is 29.8 Å². The minimum atomic E-state index is -0.416. The normalized spacial score (nSPS) is 12.0. The standard InChI is InChI=1S/C17H27NO2/c1-7-17(8-2,18(5)6)16(19)14-9-11-15(12-10-14)20-13(3)4/h9-13H,7-8H2,1-6H3. The van der Waals surface area contributed by atoms with Crippen molar-refractivity contribution < 1.29 is 9.53 Å². The molecule has 0 saturated heterocycles. The van der Waals surface area contributed by atoms with E-state index in [0.29, 0.717) is 0 Å². The highest BCUT2D eigenvalue weighted by Crippen LogP contribution is 2.27. The Morgan fingerprint density at radius 1 is 1.15 bits per heavy atom. The van der Waals surface area contributed by atoms with E-state index in [1.54, 1.807) is 0 Å². The number of nitrogens with zero attached hydrogens (tertiary/aromatic N) is 1. The molecule has 0 aliphatic carbocycles. The molecule has 0 radical (unpaired) electrons. The van der Waals surface area contributed by atoms with Gasteiger partial charge in [0.25, 0.3) is 0 Å². The van der Waals surface area contributed by atoms with E-state index in [2.05, 4.69) is 13.8 Å². The predicted octanol–water partition coefficient (Wildman–Crippen LogP) is 3.78. The molecule has 0 aromatic heterocycles. The van der Waals surface area contributed by atoms with E-state index in [9.17, 15) is 4.79 Å². The van der Waals surface area contributed by atoms with E-state index in [1.165, 1.54) is 0 Å². The fourth-order valence-electron chi connectivity index (χ4n) is 2.63. The Hall–Kier alpha value is -1.35. The molecule has 0 unspecified atom stereocenters. The highest BCUT2D eigenvalue weighted by atomic mass is 16.5. The molecule has 1 aromatic rings. The minimum Gasteiger partial charge on any atom is -0.491 e. The molecule has 0 spiro atoms. The Kier molecular flexibility index (Phi) is 5.75. The van der Waals surface area contributed by atoms with Gasteiger partial charge in [0.1, 0.15) is 5.75 Å². The van der Waals surface area contributed by atoms with Gasteiger partial charge in [-0.15, -0.1) is 0 Å². The van der Waals surface area contributed by atoms with E-state index >= 15 is 0 Å². The van der Waals surface area contributed by atoms with E-state index in [0.717, 1.165) is 24.2 Å². The van der Waals surface area contributed by atoms with Crippen LogP contribution in [-0.2, 0) is 0 Å². The quantitative estimate of drug-likeness (QED) is 0.710. The number of carbonyl (C=O) groups is 1. The van der Waals surface area contributed by atoms with Crippen molar-refractivity contribution in [2.24, 2.45) is 0 Å². The van der Waals surface area contributed by atoms with Gasteiger partial charge in [-0.3, -0.25) is 9.69 Å². The molecule has 112 valence electrons. The summed E-state index contributed by atoms with van der Waals surface area (Å²) in [5.74, 6) is 0.989. The molecule has 0 amide bonds. The van der Waals surface area contributed by atoms with Gasteiger partial charge < -0.3 is 4.74 Å². The third-order valence-electron chi connectivity index (χ3n) is 3.94. The van der Waals surface area contributed by atoms with Gasteiger partial charge in [-0.1, -0.05) is 13.8 Å². The lowest BCUT2D eigenvalue weighted by molar-refractivity contribution is 0.0656. The van der Waals surface area contributed by atoms with E-state index in [1.807, 2.05) is 57.1 Å². The number of hydrogen-bond acceptors (Lipinski definition) is 3. The number of rotatable bonds is 7. The van der Waals surface area contributed by atoms with E-state index in [-0.39, 0.29) is 11.9 Å². The summed E-state index contributed by atoms with van der Waals surface area (Å²) >= 11 is 0. The third kappa shape index (κ3) is 3.40. The molecular formula is C17H27NO2. The summed E-state index contributed by atoms with van der Waals surface area (Å²) in [6.45, 7) is 8.11. The van der Waals surface area contributed by atoms with Gasteiger partial charge in [0.15, 0.2) is 5.78 Å². The van der Waals surface area contributed by atoms with Crippen molar-refractivity contribution in [2.75, 3.05) is 14.1 Å². The van der Waals surface area contributed by atoms with Crippen molar-refractivity contribution in [1.29, 1.82) is 0 Å². The van der Waals surface area contributed by atoms with Crippen molar-refractivity contribution in [3.8, 4) is 5.75 Å². The maximum Gasteiger partial charge on any atom is 0.183 e. The SMILES string of the molecule is CCC(CC)(C(=O)c1ccc(OC(C)C)cc1)N(C)C. The van der Waals surface area contributed by atoms with Crippen LogP contribution < -0.4 is 4.74 Å². The highest BCUT2D eigenvalue weighted by molar-refractivity contribution is 6.03. The lowest BCUT2D eigenvalue weighted by Crippen LogP contribution is -2.50. The zero-order valence-corrected chi connectivity index (χ0v) is 13.6. The number of Topliss-reactive ketones (excluding diaryl/α,β-unsaturated/α-hetero) is 1. The monoisotopic (exact) mass is 277 g/mol. The molecular weight excluding hydrogens is 250 g/mol. The van der Waals surface area contributed by atoms with Crippen LogP contribution in [0.15, 0.2) is 24.3 Å². The van der Waals surface area contributed by atoms with Gasteiger partial charge in [0.05, 0.1) is 11.6 Å². The van der Waals surface area contributed by atoms with Gasteiger partial charge >= 0.3 is 0 Å². The molecule has 0 heterocycles. The van der Waals surface area contributed by atoms with Gasteiger partial charge in [0, 0.05) is 5.56 Å². The Morgan fingerprint density at radius 3 is 2.00 bits per heavy atom. The topological polar surface area (TPSA) is 29.5 Å². The van der Waals surface area contributed by atoms with Gasteiger partial charge in [0.2, 0.25) is 0 Å². The first kappa shape index (κ1) is 16.7. The first-order valence-corrected chi connectivity index (χ1v) is 7.36. The maximum absolute atomic E-state index is 12.8. The first-order chi connectivity index (χ1) is 9.37. The smallest absolute Gasteiger partial charge is 0.183 e. The van der Waals surface area contributed by atoms with Crippen molar-refractivity contribution in [2.45, 2.75) is 52.2 Å². The minimum absolute atomic E-state index is 0.142. The second-order valence-corrected chi connectivity index (χ2v) is 5.65. The van der Waals surface area contributed by atoms with Crippen LogP contribution in [0.4, 0.5) is 0 Å². The van der Waals surface area contributed by atoms with Crippen LogP contribution in [0.2, 0.25) is 0 Å². The summed E-state index contributed by atoms with van der Waals surface area (Å²) in [4.78, 5) is 14.9. The average Bonchev–Trinajstić information content (AvgIpc) is 2.40. The molecule has 0 saturated carbocycles. The summed E-state index contributed by atoms with van der Waals surface area (Å²) < 4.78 is 5.61. The Morgan fingerprint density at radius 2 is 1.65 bits per heavy atom. The fraction of sp³-hybridized carbons (Fsp3) is 0.588. The van der Waals surface area contributed by atoms with E-state index in [4.69, 9.17) is 4.74 Å². The van der Waals surface area contributed by atoms with Crippen LogP contribution in [0.5, 0.6) is 5.75 Å². The average molecular weight is 277 g/mol. The summed E-state index contributed by atoms with van der Waals surface area (Å²) in [6, 6.07) is 7.48. The second kappa shape index (κ2) is 6.89. The summed E-state index contributed by atoms with van der Waals surface area (Å²) in [5, 5.41) is 0. The van der Waals surface area contributed by atoms with Crippen molar-refractivity contribution in [1.82, 2.24) is 4.90 Å². The van der Waals surface area contributed by atoms with Gasteiger partial charge in [-0.25, -0.2) is 0 Å². The molecule has 0 N–H and O–H groups in total. The van der Waals surface area contributed by atoms with Crippen LogP contribution >= 0.6 is 0 Å². The molecule has 1 rings (SSSR count). The van der Waals surface area contributed by atoms with Crippen LogP contribution in [0, 0.1) is 0 Å². The molecule has 3 nitrogen and oxygen atoms in total. The molecule has 0 bridgehead atoms. The molecule has 3 heteroatoms. The Bertz CT molecular complexity index is 431. The predicted molar refractivity (Wildman–Crippen MR) is 83.5 cm³/mol. The van der Waals surface area contributed by atoms with Crippen molar-refractivity contribution in [3.63, 3.8) is 0 Å². The lowest BCUT2D eigenvalue weighted by atomic mass is 9.83. The maximum atomic E-state index is 12.8. The Balaban J connectivity index is 3.01. The number of likely N-dealkylation sites (N-methyl/N-ethyl adjacent to an activating group) is 1. The van der Waals surface area contributed by atoms with E-state index < -0.39 is 5.54 Å². The largest absolute Gasteiger partial charge is 0.491 e. The second-order valence-electron chi connectivity index (χ2n) is 5.65.